The van der Waals surface area contributed by atoms with Crippen LogP contribution in [0.1, 0.15) is 41.6 Å². The molecule has 0 spiro atoms. The maximum atomic E-state index is 12.1. The van der Waals surface area contributed by atoms with Gasteiger partial charge in [-0.1, -0.05) is 13.8 Å². The topological polar surface area (TPSA) is 93.5 Å². The maximum Gasteiger partial charge on any atom is 0.251 e. The van der Waals surface area contributed by atoms with E-state index in [0.29, 0.717) is 36.1 Å². The van der Waals surface area contributed by atoms with Crippen molar-refractivity contribution in [1.29, 1.82) is 0 Å². The van der Waals surface area contributed by atoms with Crippen LogP contribution in [0, 0.1) is 5.92 Å². The van der Waals surface area contributed by atoms with E-state index in [9.17, 15) is 9.59 Å². The Kier molecular flexibility index (Phi) is 5.55. The summed E-state index contributed by atoms with van der Waals surface area (Å²) >= 11 is 1.37. The number of anilines is 1. The van der Waals surface area contributed by atoms with Gasteiger partial charge in [-0.15, -0.1) is 11.3 Å². The summed E-state index contributed by atoms with van der Waals surface area (Å²) in [5, 5.41) is 6.50. The molecule has 2 amide bonds. The third-order valence-electron chi connectivity index (χ3n) is 3.90. The molecule has 1 aromatic heterocycles. The number of nitrogens with two attached hydrogens (primary N) is 1. The standard InChI is InChI=1S/C15H23N3O3S/c1-8(2)9(3)17-6-12(19)18-15-13(14(16)20)10-4-5-21-7-11(10)22-15/h8-9,17H,4-7H2,1-3H3,(H2,16,20)(H,18,19). The van der Waals surface area contributed by atoms with Crippen molar-refractivity contribution < 1.29 is 14.3 Å². The smallest absolute Gasteiger partial charge is 0.251 e. The minimum Gasteiger partial charge on any atom is -0.376 e. The fourth-order valence-electron chi connectivity index (χ4n) is 2.24. The maximum absolute atomic E-state index is 12.1. The van der Waals surface area contributed by atoms with Crippen molar-refractivity contribution in [3.05, 3.63) is 16.0 Å². The number of hydrogen-bond donors (Lipinski definition) is 3. The van der Waals surface area contributed by atoms with E-state index in [4.69, 9.17) is 10.5 Å². The van der Waals surface area contributed by atoms with E-state index in [0.717, 1.165) is 10.4 Å². The van der Waals surface area contributed by atoms with Gasteiger partial charge in [0, 0.05) is 10.9 Å². The van der Waals surface area contributed by atoms with Crippen molar-refractivity contribution in [1.82, 2.24) is 5.32 Å². The Hall–Kier alpha value is -1.44. The summed E-state index contributed by atoms with van der Waals surface area (Å²) in [6.45, 7) is 7.47. The number of nitrogens with one attached hydrogen (secondary N) is 2. The Balaban J connectivity index is 2.07. The highest BCUT2D eigenvalue weighted by Gasteiger charge is 2.25. The van der Waals surface area contributed by atoms with Crippen molar-refractivity contribution in [2.24, 2.45) is 11.7 Å². The largest absolute Gasteiger partial charge is 0.376 e. The molecule has 0 radical (unpaired) electrons. The molecule has 6 nitrogen and oxygen atoms in total. The summed E-state index contributed by atoms with van der Waals surface area (Å²) < 4.78 is 5.39. The number of hydrogen-bond acceptors (Lipinski definition) is 5. The molecule has 7 heteroatoms. The number of primary amides is 1. The molecule has 1 aliphatic rings. The highest BCUT2D eigenvalue weighted by molar-refractivity contribution is 7.17. The Morgan fingerprint density at radius 2 is 2.09 bits per heavy atom. The third-order valence-corrected chi connectivity index (χ3v) is 5.03. The molecule has 1 aliphatic heterocycles. The van der Waals surface area contributed by atoms with Gasteiger partial charge in [-0.05, 0) is 24.8 Å². The zero-order valence-electron chi connectivity index (χ0n) is 13.2. The second kappa shape index (κ2) is 7.21. The van der Waals surface area contributed by atoms with Crippen LogP contribution in [-0.2, 0) is 22.6 Å². The van der Waals surface area contributed by atoms with Gasteiger partial charge in [0.2, 0.25) is 5.91 Å². The quantitative estimate of drug-likeness (QED) is 0.739. The lowest BCUT2D eigenvalue weighted by Crippen LogP contribution is -2.37. The van der Waals surface area contributed by atoms with Gasteiger partial charge >= 0.3 is 0 Å². The summed E-state index contributed by atoms with van der Waals surface area (Å²) in [6, 6.07) is 0.242. The monoisotopic (exact) mass is 325 g/mol. The van der Waals surface area contributed by atoms with Gasteiger partial charge in [0.1, 0.15) is 5.00 Å². The zero-order chi connectivity index (χ0) is 16.3. The van der Waals surface area contributed by atoms with Crippen LogP contribution in [0.15, 0.2) is 0 Å². The van der Waals surface area contributed by atoms with Crippen LogP contribution in [0.5, 0.6) is 0 Å². The van der Waals surface area contributed by atoms with Crippen LogP contribution in [-0.4, -0.2) is 31.0 Å². The highest BCUT2D eigenvalue weighted by atomic mass is 32.1. The van der Waals surface area contributed by atoms with Gasteiger partial charge in [-0.25, -0.2) is 0 Å². The lowest BCUT2D eigenvalue weighted by Gasteiger charge is -2.17. The molecule has 2 heterocycles. The molecule has 0 aromatic carbocycles. The first-order chi connectivity index (χ1) is 10.4. The minimum absolute atomic E-state index is 0.172. The van der Waals surface area contributed by atoms with Crippen molar-refractivity contribution in [3.63, 3.8) is 0 Å². The van der Waals surface area contributed by atoms with Gasteiger partial charge in [0.15, 0.2) is 0 Å². The van der Waals surface area contributed by atoms with Crippen LogP contribution in [0.25, 0.3) is 0 Å². The molecule has 122 valence electrons. The van der Waals surface area contributed by atoms with Crippen LogP contribution >= 0.6 is 11.3 Å². The number of carbonyl (C=O) groups is 2. The SMILES string of the molecule is CC(C)C(C)NCC(=O)Nc1sc2c(c1C(N)=O)CCOC2. The molecular weight excluding hydrogens is 302 g/mol. The fraction of sp³-hybridized carbons (Fsp3) is 0.600. The second-order valence-electron chi connectivity index (χ2n) is 5.84. The molecule has 1 aromatic rings. The van der Waals surface area contributed by atoms with E-state index >= 15 is 0 Å². The average molecular weight is 325 g/mol. The van der Waals surface area contributed by atoms with Gasteiger partial charge in [0.05, 0.1) is 25.3 Å². The Bertz CT molecular complexity index is 569. The Morgan fingerprint density at radius 3 is 2.73 bits per heavy atom. The summed E-state index contributed by atoms with van der Waals surface area (Å²) in [4.78, 5) is 24.8. The first-order valence-corrected chi connectivity index (χ1v) is 8.27. The number of carbonyl (C=O) groups excluding carboxylic acids is 2. The lowest BCUT2D eigenvalue weighted by atomic mass is 10.1. The number of amides is 2. The van der Waals surface area contributed by atoms with E-state index in [2.05, 4.69) is 24.5 Å². The summed E-state index contributed by atoms with van der Waals surface area (Å²) in [7, 11) is 0. The van der Waals surface area contributed by atoms with E-state index in [-0.39, 0.29) is 18.5 Å². The molecule has 0 bridgehead atoms. The van der Waals surface area contributed by atoms with Gasteiger partial charge in [0.25, 0.3) is 5.91 Å². The van der Waals surface area contributed by atoms with Crippen LogP contribution < -0.4 is 16.4 Å². The molecule has 0 fully saturated rings. The van der Waals surface area contributed by atoms with Crippen LogP contribution in [0.3, 0.4) is 0 Å². The van der Waals surface area contributed by atoms with E-state index < -0.39 is 5.91 Å². The van der Waals surface area contributed by atoms with Gasteiger partial charge in [-0.3, -0.25) is 9.59 Å². The highest BCUT2D eigenvalue weighted by Crippen LogP contribution is 2.36. The Morgan fingerprint density at radius 1 is 1.36 bits per heavy atom. The normalized spacial score (nSPS) is 15.5. The number of rotatable bonds is 6. The molecule has 0 aliphatic carbocycles. The van der Waals surface area contributed by atoms with Crippen LogP contribution in [0.4, 0.5) is 5.00 Å². The number of thiophene rings is 1. The molecule has 1 unspecified atom stereocenters. The molecular formula is C15H23N3O3S. The summed E-state index contributed by atoms with van der Waals surface area (Å²) in [5.41, 5.74) is 6.84. The third kappa shape index (κ3) is 3.85. The zero-order valence-corrected chi connectivity index (χ0v) is 14.0. The van der Waals surface area contributed by atoms with E-state index in [1.165, 1.54) is 11.3 Å². The average Bonchev–Trinajstić information content (AvgIpc) is 2.82. The predicted octanol–water partition coefficient (Wildman–Crippen LogP) is 1.49. The van der Waals surface area contributed by atoms with Crippen molar-refractivity contribution >= 4 is 28.2 Å². The number of fused-ring (bicyclic) bond motifs is 1. The fourth-order valence-corrected chi connectivity index (χ4v) is 3.45. The summed E-state index contributed by atoms with van der Waals surface area (Å²) in [5.74, 6) is -0.229. The molecule has 0 saturated carbocycles. The van der Waals surface area contributed by atoms with E-state index in [1.54, 1.807) is 0 Å². The van der Waals surface area contributed by atoms with Gasteiger partial charge < -0.3 is 21.1 Å². The molecule has 2 rings (SSSR count). The number of ether oxygens (including phenoxy) is 1. The van der Waals surface area contributed by atoms with Crippen molar-refractivity contribution in [3.8, 4) is 0 Å². The Labute approximate surface area is 134 Å². The van der Waals surface area contributed by atoms with Crippen LogP contribution in [0.2, 0.25) is 0 Å². The predicted molar refractivity (Wildman–Crippen MR) is 87.1 cm³/mol. The second-order valence-corrected chi connectivity index (χ2v) is 6.94. The molecule has 22 heavy (non-hydrogen) atoms. The van der Waals surface area contributed by atoms with Crippen molar-refractivity contribution in [2.45, 2.75) is 39.8 Å². The molecule has 0 saturated heterocycles. The minimum atomic E-state index is -0.502. The first kappa shape index (κ1) is 16.9. The molecule has 1 atom stereocenters. The molecule has 4 N–H and O–H groups in total. The lowest BCUT2D eigenvalue weighted by molar-refractivity contribution is -0.115. The first-order valence-electron chi connectivity index (χ1n) is 7.45. The van der Waals surface area contributed by atoms with E-state index in [1.807, 2.05) is 6.92 Å². The van der Waals surface area contributed by atoms with Crippen molar-refractivity contribution in [2.75, 3.05) is 18.5 Å². The van der Waals surface area contributed by atoms with Gasteiger partial charge in [-0.2, -0.15) is 0 Å². The summed E-state index contributed by atoms with van der Waals surface area (Å²) in [6.07, 6.45) is 0.655.